The van der Waals surface area contributed by atoms with Crippen LogP contribution in [0.5, 0.6) is 5.75 Å². The molecule has 1 aromatic heterocycles. The van der Waals surface area contributed by atoms with Crippen molar-refractivity contribution >= 4 is 5.97 Å². The Morgan fingerprint density at radius 2 is 1.95 bits per heavy atom. The van der Waals surface area contributed by atoms with E-state index in [-0.39, 0.29) is 6.61 Å². The van der Waals surface area contributed by atoms with Gasteiger partial charge in [-0.1, -0.05) is 6.07 Å². The molecule has 0 amide bonds. The van der Waals surface area contributed by atoms with Crippen LogP contribution in [0.2, 0.25) is 0 Å². The minimum absolute atomic E-state index is 0.370. The van der Waals surface area contributed by atoms with E-state index in [4.69, 9.17) is 9.84 Å². The third-order valence-corrected chi connectivity index (χ3v) is 2.63. The molecule has 0 fully saturated rings. The number of carboxylic acids is 1. The van der Waals surface area contributed by atoms with Gasteiger partial charge in [-0.3, -0.25) is 0 Å². The van der Waals surface area contributed by atoms with Crippen LogP contribution in [0, 0.1) is 13.8 Å². The average molecular weight is 258 g/mol. The highest BCUT2D eigenvalue weighted by molar-refractivity contribution is 5.73. The van der Waals surface area contributed by atoms with E-state index in [9.17, 15) is 4.79 Å². The Labute approximate surface area is 110 Å². The van der Waals surface area contributed by atoms with Crippen LogP contribution in [0.4, 0.5) is 0 Å². The van der Waals surface area contributed by atoms with Gasteiger partial charge in [0, 0.05) is 23.5 Å². The zero-order chi connectivity index (χ0) is 13.8. The smallest absolute Gasteiger partial charge is 0.341 e. The lowest BCUT2D eigenvalue weighted by Gasteiger charge is -2.14. The Balaban J connectivity index is 2.48. The SMILES string of the molecule is Cc1cc(C)c(OCC(=O)O)c(-c2cncnc2)c1. The van der Waals surface area contributed by atoms with Gasteiger partial charge in [-0.25, -0.2) is 14.8 Å². The van der Waals surface area contributed by atoms with E-state index >= 15 is 0 Å². The molecule has 2 rings (SSSR count). The third-order valence-electron chi connectivity index (χ3n) is 2.63. The fourth-order valence-electron chi connectivity index (χ4n) is 1.93. The fraction of sp³-hybridized carbons (Fsp3) is 0.214. The summed E-state index contributed by atoms with van der Waals surface area (Å²) in [6.07, 6.45) is 4.80. The summed E-state index contributed by atoms with van der Waals surface area (Å²) in [6, 6.07) is 3.88. The van der Waals surface area contributed by atoms with E-state index in [0.29, 0.717) is 5.75 Å². The molecule has 0 bridgehead atoms. The highest BCUT2D eigenvalue weighted by Crippen LogP contribution is 2.33. The zero-order valence-electron chi connectivity index (χ0n) is 10.8. The monoisotopic (exact) mass is 258 g/mol. The molecule has 0 aliphatic heterocycles. The molecule has 0 spiro atoms. The Kier molecular flexibility index (Phi) is 3.75. The molecule has 0 aliphatic carbocycles. The maximum absolute atomic E-state index is 10.6. The van der Waals surface area contributed by atoms with Gasteiger partial charge in [0.05, 0.1) is 0 Å². The van der Waals surface area contributed by atoms with Crippen LogP contribution in [-0.4, -0.2) is 27.7 Å². The standard InChI is InChI=1S/C14H14N2O3/c1-9-3-10(2)14(19-7-13(17)18)12(4-9)11-5-15-8-16-6-11/h3-6,8H,7H2,1-2H3,(H,17,18). The number of hydrogen-bond acceptors (Lipinski definition) is 4. The van der Waals surface area contributed by atoms with E-state index in [1.165, 1.54) is 6.33 Å². The zero-order valence-corrected chi connectivity index (χ0v) is 10.8. The van der Waals surface area contributed by atoms with Crippen molar-refractivity contribution in [2.75, 3.05) is 6.61 Å². The number of carbonyl (C=O) groups is 1. The first-order valence-corrected chi connectivity index (χ1v) is 5.79. The molecule has 0 radical (unpaired) electrons. The van der Waals surface area contributed by atoms with Crippen LogP contribution in [-0.2, 0) is 4.79 Å². The number of hydrogen-bond donors (Lipinski definition) is 1. The summed E-state index contributed by atoms with van der Waals surface area (Å²) in [5.41, 5.74) is 3.56. The van der Waals surface area contributed by atoms with Gasteiger partial charge in [-0.15, -0.1) is 0 Å². The predicted octanol–water partition coefficient (Wildman–Crippen LogP) is 2.22. The summed E-state index contributed by atoms with van der Waals surface area (Å²) in [6.45, 7) is 3.49. The maximum atomic E-state index is 10.6. The summed E-state index contributed by atoms with van der Waals surface area (Å²) < 4.78 is 5.38. The first-order valence-electron chi connectivity index (χ1n) is 5.79. The number of aliphatic carboxylic acids is 1. The van der Waals surface area contributed by atoms with Crippen LogP contribution in [0.15, 0.2) is 30.9 Å². The van der Waals surface area contributed by atoms with E-state index in [1.54, 1.807) is 12.4 Å². The number of benzene rings is 1. The molecule has 98 valence electrons. The Morgan fingerprint density at radius 1 is 1.26 bits per heavy atom. The lowest BCUT2D eigenvalue weighted by Crippen LogP contribution is -2.11. The van der Waals surface area contributed by atoms with Crippen molar-refractivity contribution in [2.45, 2.75) is 13.8 Å². The molecule has 5 nitrogen and oxygen atoms in total. The first-order chi connectivity index (χ1) is 9.08. The topological polar surface area (TPSA) is 72.3 Å². The summed E-state index contributed by atoms with van der Waals surface area (Å²) in [5, 5.41) is 8.73. The number of nitrogens with zero attached hydrogens (tertiary/aromatic N) is 2. The summed E-state index contributed by atoms with van der Waals surface area (Å²) in [7, 11) is 0. The lowest BCUT2D eigenvalue weighted by molar-refractivity contribution is -0.139. The highest BCUT2D eigenvalue weighted by Gasteiger charge is 2.12. The third kappa shape index (κ3) is 3.07. The van der Waals surface area contributed by atoms with E-state index in [0.717, 1.165) is 22.3 Å². The normalized spacial score (nSPS) is 10.2. The summed E-state index contributed by atoms with van der Waals surface area (Å²) in [5.74, 6) is -0.446. The molecule has 0 saturated heterocycles. The minimum atomic E-state index is -1.00. The molecule has 19 heavy (non-hydrogen) atoms. The van der Waals surface area contributed by atoms with Crippen molar-refractivity contribution < 1.29 is 14.6 Å². The van der Waals surface area contributed by atoms with Gasteiger partial charge in [0.1, 0.15) is 12.1 Å². The molecule has 2 aromatic rings. The number of rotatable bonds is 4. The quantitative estimate of drug-likeness (QED) is 0.910. The second kappa shape index (κ2) is 5.48. The van der Waals surface area contributed by atoms with Crippen molar-refractivity contribution in [1.29, 1.82) is 0 Å². The first kappa shape index (κ1) is 13.0. The van der Waals surface area contributed by atoms with Crippen molar-refractivity contribution in [3.8, 4) is 16.9 Å². The van der Waals surface area contributed by atoms with Crippen LogP contribution in [0.25, 0.3) is 11.1 Å². The molecule has 1 N–H and O–H groups in total. The van der Waals surface area contributed by atoms with Gasteiger partial charge < -0.3 is 9.84 Å². The van der Waals surface area contributed by atoms with Crippen molar-refractivity contribution in [1.82, 2.24) is 9.97 Å². The van der Waals surface area contributed by atoms with Gasteiger partial charge in [0.15, 0.2) is 6.61 Å². The fourth-order valence-corrected chi connectivity index (χ4v) is 1.93. The predicted molar refractivity (Wildman–Crippen MR) is 70.1 cm³/mol. The molecule has 1 heterocycles. The van der Waals surface area contributed by atoms with Crippen molar-refractivity contribution in [3.05, 3.63) is 42.0 Å². The van der Waals surface area contributed by atoms with Crippen molar-refractivity contribution in [2.24, 2.45) is 0 Å². The molecule has 0 aliphatic rings. The largest absolute Gasteiger partial charge is 0.481 e. The van der Waals surface area contributed by atoms with Gasteiger partial charge in [-0.2, -0.15) is 0 Å². The second-order valence-electron chi connectivity index (χ2n) is 4.27. The van der Waals surface area contributed by atoms with Gasteiger partial charge in [0.2, 0.25) is 0 Å². The van der Waals surface area contributed by atoms with Gasteiger partial charge >= 0.3 is 5.97 Å². The van der Waals surface area contributed by atoms with Crippen molar-refractivity contribution in [3.63, 3.8) is 0 Å². The van der Waals surface area contributed by atoms with Crippen LogP contribution in [0.3, 0.4) is 0 Å². The Bertz CT molecular complexity index is 597. The molecule has 0 atom stereocenters. The van der Waals surface area contributed by atoms with Gasteiger partial charge in [-0.05, 0) is 31.0 Å². The number of carboxylic acid groups (broad SMARTS) is 1. The number of ether oxygens (including phenoxy) is 1. The summed E-state index contributed by atoms with van der Waals surface area (Å²) in [4.78, 5) is 18.6. The molecule has 0 unspecified atom stereocenters. The summed E-state index contributed by atoms with van der Waals surface area (Å²) >= 11 is 0. The molecule has 1 aromatic carbocycles. The van der Waals surface area contributed by atoms with Crippen LogP contribution < -0.4 is 4.74 Å². The molecular weight excluding hydrogens is 244 g/mol. The number of aromatic nitrogens is 2. The Hall–Kier alpha value is -2.43. The van der Waals surface area contributed by atoms with Crippen LogP contribution >= 0.6 is 0 Å². The van der Waals surface area contributed by atoms with E-state index in [2.05, 4.69) is 9.97 Å². The van der Waals surface area contributed by atoms with E-state index in [1.807, 2.05) is 26.0 Å². The minimum Gasteiger partial charge on any atom is -0.481 e. The van der Waals surface area contributed by atoms with E-state index < -0.39 is 5.97 Å². The highest BCUT2D eigenvalue weighted by atomic mass is 16.5. The number of aryl methyl sites for hydroxylation is 2. The lowest BCUT2D eigenvalue weighted by atomic mass is 10.0. The van der Waals surface area contributed by atoms with Crippen LogP contribution in [0.1, 0.15) is 11.1 Å². The maximum Gasteiger partial charge on any atom is 0.341 e. The molecule has 0 saturated carbocycles. The Morgan fingerprint density at radius 3 is 2.58 bits per heavy atom. The average Bonchev–Trinajstić information content (AvgIpc) is 2.37. The molecule has 5 heteroatoms. The van der Waals surface area contributed by atoms with Gasteiger partial charge in [0.25, 0.3) is 0 Å². The second-order valence-corrected chi connectivity index (χ2v) is 4.27. The molecular formula is C14H14N2O3.